The van der Waals surface area contributed by atoms with Crippen molar-refractivity contribution in [3.05, 3.63) is 46.3 Å². The Kier molecular flexibility index (Phi) is 4.81. The van der Waals surface area contributed by atoms with Gasteiger partial charge in [0, 0.05) is 11.5 Å². The number of azide groups is 1. The summed E-state index contributed by atoms with van der Waals surface area (Å²) in [5, 5.41) is 13.3. The van der Waals surface area contributed by atoms with Gasteiger partial charge in [-0.3, -0.25) is 0 Å². The van der Waals surface area contributed by atoms with Crippen LogP contribution in [0.25, 0.3) is 10.4 Å². The van der Waals surface area contributed by atoms with Crippen molar-refractivity contribution in [1.29, 1.82) is 0 Å². The molecule has 1 heterocycles. The van der Waals surface area contributed by atoms with Crippen LogP contribution in [0, 0.1) is 0 Å². The number of β-amino-alcohol motifs (C(OH)–C–C–N with tert-alkyl or cyclic N) is 1. The fourth-order valence-electron chi connectivity index (χ4n) is 2.10. The van der Waals surface area contributed by atoms with E-state index in [-0.39, 0.29) is 13.2 Å². The lowest BCUT2D eigenvalue weighted by molar-refractivity contribution is 0.0361. The molecule has 0 aromatic heterocycles. The first-order valence-corrected chi connectivity index (χ1v) is 6.38. The summed E-state index contributed by atoms with van der Waals surface area (Å²) in [6.45, 7) is 0.734. The number of ether oxygens (including phenoxy) is 1. The lowest BCUT2D eigenvalue weighted by atomic mass is 10.0. The fraction of sp³-hybridized carbons (Fsp3) is 0.462. The molecule has 1 fully saturated rings. The zero-order valence-electron chi connectivity index (χ0n) is 10.9. The van der Waals surface area contributed by atoms with E-state index in [0.717, 1.165) is 5.56 Å². The number of amides is 1. The summed E-state index contributed by atoms with van der Waals surface area (Å²) in [7, 11) is 0. The van der Waals surface area contributed by atoms with Gasteiger partial charge in [0.2, 0.25) is 0 Å². The van der Waals surface area contributed by atoms with Crippen LogP contribution in [0.2, 0.25) is 0 Å². The van der Waals surface area contributed by atoms with Gasteiger partial charge < -0.3 is 14.7 Å². The third kappa shape index (κ3) is 3.63. The molecule has 106 valence electrons. The fourth-order valence-corrected chi connectivity index (χ4v) is 2.10. The summed E-state index contributed by atoms with van der Waals surface area (Å²) in [5.74, 6) is 0. The zero-order valence-corrected chi connectivity index (χ0v) is 10.9. The predicted octanol–water partition coefficient (Wildman–Crippen LogP) is 2.07. The smallest absolute Gasteiger partial charge is 0.410 e. The van der Waals surface area contributed by atoms with Crippen LogP contribution >= 0.6 is 0 Å². The summed E-state index contributed by atoms with van der Waals surface area (Å²) in [5.41, 5.74) is 9.27. The number of likely N-dealkylation sites (tertiary alicyclic amines) is 1. The Morgan fingerprint density at radius 1 is 1.50 bits per heavy atom. The van der Waals surface area contributed by atoms with E-state index in [4.69, 9.17) is 10.3 Å². The zero-order chi connectivity index (χ0) is 14.4. The van der Waals surface area contributed by atoms with Crippen molar-refractivity contribution >= 4 is 6.09 Å². The van der Waals surface area contributed by atoms with E-state index >= 15 is 0 Å². The van der Waals surface area contributed by atoms with Crippen LogP contribution in [0.1, 0.15) is 12.0 Å². The number of hydrogen-bond acceptors (Lipinski definition) is 4. The Labute approximate surface area is 116 Å². The molecular formula is C13H16N4O3. The highest BCUT2D eigenvalue weighted by Crippen LogP contribution is 2.16. The second-order valence-electron chi connectivity index (χ2n) is 4.61. The minimum Gasteiger partial charge on any atom is -0.445 e. The van der Waals surface area contributed by atoms with Gasteiger partial charge in [-0.05, 0) is 17.5 Å². The molecule has 1 amide bonds. The molecule has 1 aromatic rings. The Bertz CT molecular complexity index is 502. The number of carbonyl (C=O) groups excluding carboxylic acids is 1. The van der Waals surface area contributed by atoms with Crippen molar-refractivity contribution < 1.29 is 14.6 Å². The molecule has 20 heavy (non-hydrogen) atoms. The summed E-state index contributed by atoms with van der Waals surface area (Å²) in [6, 6.07) is 8.91. The monoisotopic (exact) mass is 276 g/mol. The van der Waals surface area contributed by atoms with E-state index in [2.05, 4.69) is 10.0 Å². The standard InChI is InChI=1S/C13H16N4O3/c14-16-15-11-6-7-17(8-12(11)18)13(19)20-9-10-4-2-1-3-5-10/h1-5,11-12,18H,6-9H2. The summed E-state index contributed by atoms with van der Waals surface area (Å²) in [4.78, 5) is 16.0. The number of nitrogens with zero attached hydrogens (tertiary/aromatic N) is 4. The molecule has 1 saturated heterocycles. The number of piperidine rings is 1. The van der Waals surface area contributed by atoms with Gasteiger partial charge in [-0.25, -0.2) is 4.79 Å². The Hall–Kier alpha value is -2.24. The summed E-state index contributed by atoms with van der Waals surface area (Å²) < 4.78 is 5.18. The van der Waals surface area contributed by atoms with E-state index in [1.165, 1.54) is 4.90 Å². The Morgan fingerprint density at radius 3 is 2.90 bits per heavy atom. The molecule has 1 aromatic carbocycles. The second-order valence-corrected chi connectivity index (χ2v) is 4.61. The van der Waals surface area contributed by atoms with Crippen molar-refractivity contribution in [3.8, 4) is 0 Å². The van der Waals surface area contributed by atoms with E-state index in [0.29, 0.717) is 13.0 Å². The largest absolute Gasteiger partial charge is 0.445 e. The molecule has 0 aliphatic carbocycles. The Morgan fingerprint density at radius 2 is 2.25 bits per heavy atom. The van der Waals surface area contributed by atoms with Gasteiger partial charge in [0.15, 0.2) is 0 Å². The predicted molar refractivity (Wildman–Crippen MR) is 71.8 cm³/mol. The normalized spacial score (nSPS) is 21.9. The molecule has 7 nitrogen and oxygen atoms in total. The topological polar surface area (TPSA) is 98.5 Å². The maximum atomic E-state index is 11.9. The van der Waals surface area contributed by atoms with Crippen LogP contribution < -0.4 is 0 Å². The number of benzene rings is 1. The van der Waals surface area contributed by atoms with E-state index in [9.17, 15) is 9.90 Å². The maximum absolute atomic E-state index is 11.9. The number of hydrogen-bond donors (Lipinski definition) is 1. The highest BCUT2D eigenvalue weighted by Gasteiger charge is 2.30. The van der Waals surface area contributed by atoms with E-state index in [1.54, 1.807) is 0 Å². The minimum atomic E-state index is -0.844. The highest BCUT2D eigenvalue weighted by molar-refractivity contribution is 5.67. The summed E-state index contributed by atoms with van der Waals surface area (Å²) >= 11 is 0. The first kappa shape index (κ1) is 14.2. The quantitative estimate of drug-likeness (QED) is 0.519. The average molecular weight is 276 g/mol. The number of aliphatic hydroxyl groups excluding tert-OH is 1. The average Bonchev–Trinajstić information content (AvgIpc) is 2.48. The van der Waals surface area contributed by atoms with Crippen LogP contribution in [0.3, 0.4) is 0 Å². The lowest BCUT2D eigenvalue weighted by Gasteiger charge is -2.33. The van der Waals surface area contributed by atoms with Gasteiger partial charge in [-0.2, -0.15) is 0 Å². The molecule has 0 bridgehead atoms. The van der Waals surface area contributed by atoms with Crippen molar-refractivity contribution in [1.82, 2.24) is 4.90 Å². The molecule has 1 N–H and O–H groups in total. The van der Waals surface area contributed by atoms with Crippen LogP contribution in [0.5, 0.6) is 0 Å². The lowest BCUT2D eigenvalue weighted by Crippen LogP contribution is -2.48. The molecule has 2 rings (SSSR count). The second kappa shape index (κ2) is 6.79. The molecule has 0 spiro atoms. The minimum absolute atomic E-state index is 0.122. The van der Waals surface area contributed by atoms with Crippen molar-refractivity contribution in [2.75, 3.05) is 13.1 Å². The van der Waals surface area contributed by atoms with Gasteiger partial charge in [0.05, 0.1) is 18.7 Å². The maximum Gasteiger partial charge on any atom is 0.410 e. The van der Waals surface area contributed by atoms with Crippen molar-refractivity contribution in [2.45, 2.75) is 25.2 Å². The SMILES string of the molecule is [N-]=[N+]=NC1CCN(C(=O)OCc2ccccc2)CC1O. The van der Waals surface area contributed by atoms with Crippen molar-refractivity contribution in [2.24, 2.45) is 5.11 Å². The summed E-state index contributed by atoms with van der Waals surface area (Å²) in [6.07, 6.45) is -0.873. The molecule has 1 aliphatic rings. The molecule has 0 saturated carbocycles. The van der Waals surface area contributed by atoms with Gasteiger partial charge in [0.25, 0.3) is 0 Å². The molecule has 1 aliphatic heterocycles. The Balaban J connectivity index is 1.83. The molecule has 0 radical (unpaired) electrons. The number of aliphatic hydroxyl groups is 1. The number of carbonyl (C=O) groups is 1. The van der Waals surface area contributed by atoms with Gasteiger partial charge >= 0.3 is 6.09 Å². The van der Waals surface area contributed by atoms with Crippen LogP contribution in [-0.4, -0.2) is 41.3 Å². The molecule has 7 heteroatoms. The first-order valence-electron chi connectivity index (χ1n) is 6.38. The van der Waals surface area contributed by atoms with Crippen LogP contribution in [0.15, 0.2) is 35.4 Å². The van der Waals surface area contributed by atoms with Crippen molar-refractivity contribution in [3.63, 3.8) is 0 Å². The third-order valence-electron chi connectivity index (χ3n) is 3.21. The van der Waals surface area contributed by atoms with Gasteiger partial charge in [0.1, 0.15) is 6.61 Å². The highest BCUT2D eigenvalue weighted by atomic mass is 16.6. The van der Waals surface area contributed by atoms with Gasteiger partial charge in [-0.1, -0.05) is 35.4 Å². The van der Waals surface area contributed by atoms with Gasteiger partial charge in [-0.15, -0.1) is 0 Å². The number of rotatable bonds is 3. The first-order chi connectivity index (χ1) is 9.70. The molecular weight excluding hydrogens is 260 g/mol. The molecule has 2 unspecified atom stereocenters. The van der Waals surface area contributed by atoms with Crippen LogP contribution in [0.4, 0.5) is 4.79 Å². The van der Waals surface area contributed by atoms with Crippen LogP contribution in [-0.2, 0) is 11.3 Å². The third-order valence-corrected chi connectivity index (χ3v) is 3.21. The molecule has 2 atom stereocenters. The van der Waals surface area contributed by atoms with E-state index in [1.807, 2.05) is 30.3 Å². The van der Waals surface area contributed by atoms with E-state index < -0.39 is 18.2 Å².